The van der Waals surface area contributed by atoms with Crippen LogP contribution >= 0.6 is 15.9 Å². The molecule has 14 heavy (non-hydrogen) atoms. The third-order valence-corrected chi connectivity index (χ3v) is 2.64. The van der Waals surface area contributed by atoms with Crippen molar-refractivity contribution in [2.75, 3.05) is 13.2 Å². The first-order valence-electron chi connectivity index (χ1n) is 4.29. The van der Waals surface area contributed by atoms with E-state index in [0.29, 0.717) is 30.3 Å². The van der Waals surface area contributed by atoms with Gasteiger partial charge in [-0.3, -0.25) is 4.79 Å². The minimum Gasteiger partial charge on any atom is -0.485 e. The number of halogens is 1. The summed E-state index contributed by atoms with van der Waals surface area (Å²) in [5, 5.41) is 0. The fourth-order valence-electron chi connectivity index (χ4n) is 1.38. The number of rotatable bonds is 1. The zero-order chi connectivity index (χ0) is 10.1. The highest BCUT2D eigenvalue weighted by Crippen LogP contribution is 2.40. The van der Waals surface area contributed by atoms with Crippen molar-refractivity contribution in [1.29, 1.82) is 0 Å². The van der Waals surface area contributed by atoms with Gasteiger partial charge in [-0.05, 0) is 35.0 Å². The predicted octanol–water partition coefficient (Wildman–Crippen LogP) is 2.42. The lowest BCUT2D eigenvalue weighted by molar-refractivity contribution is 0.100. The summed E-state index contributed by atoms with van der Waals surface area (Å²) in [4.78, 5) is 11.3. The molecule has 0 saturated carbocycles. The molecule has 1 aliphatic rings. The van der Waals surface area contributed by atoms with Crippen LogP contribution in [0.2, 0.25) is 0 Å². The molecule has 0 saturated heterocycles. The average molecular weight is 257 g/mol. The van der Waals surface area contributed by atoms with Crippen LogP contribution in [0.15, 0.2) is 16.6 Å². The van der Waals surface area contributed by atoms with Crippen molar-refractivity contribution in [3.05, 3.63) is 22.2 Å². The van der Waals surface area contributed by atoms with Gasteiger partial charge < -0.3 is 9.47 Å². The molecule has 0 aromatic heterocycles. The minimum atomic E-state index is -0.0146. The van der Waals surface area contributed by atoms with Crippen molar-refractivity contribution in [3.8, 4) is 11.5 Å². The molecule has 0 bridgehead atoms. The van der Waals surface area contributed by atoms with Crippen LogP contribution in [0, 0.1) is 0 Å². The number of hydrogen-bond acceptors (Lipinski definition) is 3. The fraction of sp³-hybridized carbons (Fsp3) is 0.300. The topological polar surface area (TPSA) is 35.5 Å². The molecule has 0 aliphatic carbocycles. The highest BCUT2D eigenvalue weighted by Gasteiger charge is 2.20. The number of ketones is 1. The first-order valence-corrected chi connectivity index (χ1v) is 5.08. The quantitative estimate of drug-likeness (QED) is 0.725. The van der Waals surface area contributed by atoms with E-state index in [-0.39, 0.29) is 5.78 Å². The van der Waals surface area contributed by atoms with Gasteiger partial charge in [-0.1, -0.05) is 0 Å². The van der Waals surface area contributed by atoms with E-state index in [1.165, 1.54) is 6.92 Å². The highest BCUT2D eigenvalue weighted by atomic mass is 79.9. The predicted molar refractivity (Wildman–Crippen MR) is 55.1 cm³/mol. The number of carbonyl (C=O) groups is 1. The van der Waals surface area contributed by atoms with Gasteiger partial charge in [0.1, 0.15) is 13.2 Å². The van der Waals surface area contributed by atoms with E-state index < -0.39 is 0 Å². The Morgan fingerprint density at radius 2 is 1.93 bits per heavy atom. The Labute approximate surface area is 90.1 Å². The summed E-state index contributed by atoms with van der Waals surface area (Å²) >= 11 is 3.35. The van der Waals surface area contributed by atoms with Gasteiger partial charge in [-0.15, -0.1) is 0 Å². The molecule has 2 rings (SSSR count). The van der Waals surface area contributed by atoms with Gasteiger partial charge in [0, 0.05) is 0 Å². The van der Waals surface area contributed by atoms with Crippen LogP contribution in [0.1, 0.15) is 17.3 Å². The van der Waals surface area contributed by atoms with Crippen molar-refractivity contribution in [1.82, 2.24) is 0 Å². The van der Waals surface area contributed by atoms with Gasteiger partial charge in [0.05, 0.1) is 10.0 Å². The van der Waals surface area contributed by atoms with Crippen LogP contribution in [0.4, 0.5) is 0 Å². The SMILES string of the molecule is CC(=O)c1ccc(Br)c2c1OCCO2. The second kappa shape index (κ2) is 3.61. The summed E-state index contributed by atoms with van der Waals surface area (Å²) in [7, 11) is 0. The van der Waals surface area contributed by atoms with Crippen molar-refractivity contribution < 1.29 is 14.3 Å². The zero-order valence-electron chi connectivity index (χ0n) is 7.67. The Hall–Kier alpha value is -1.03. The van der Waals surface area contributed by atoms with Crippen LogP contribution < -0.4 is 9.47 Å². The monoisotopic (exact) mass is 256 g/mol. The number of carbonyl (C=O) groups excluding carboxylic acids is 1. The molecule has 0 fully saturated rings. The average Bonchev–Trinajstić information content (AvgIpc) is 2.18. The van der Waals surface area contributed by atoms with E-state index in [2.05, 4.69) is 15.9 Å². The Morgan fingerprint density at radius 1 is 1.29 bits per heavy atom. The lowest BCUT2D eigenvalue weighted by Gasteiger charge is -2.21. The Morgan fingerprint density at radius 3 is 2.57 bits per heavy atom. The first kappa shape index (κ1) is 9.52. The normalized spacial score (nSPS) is 13.9. The maximum Gasteiger partial charge on any atom is 0.176 e. The molecule has 4 heteroatoms. The molecule has 0 N–H and O–H groups in total. The largest absolute Gasteiger partial charge is 0.485 e. The molecule has 0 radical (unpaired) electrons. The molecule has 0 amide bonds. The number of fused-ring (bicyclic) bond motifs is 1. The second-order valence-electron chi connectivity index (χ2n) is 3.01. The zero-order valence-corrected chi connectivity index (χ0v) is 9.26. The van der Waals surface area contributed by atoms with Crippen LogP contribution in [0.5, 0.6) is 11.5 Å². The van der Waals surface area contributed by atoms with Crippen LogP contribution in [-0.4, -0.2) is 19.0 Å². The fourth-order valence-corrected chi connectivity index (χ4v) is 1.81. The molecule has 74 valence electrons. The van der Waals surface area contributed by atoms with Crippen molar-refractivity contribution in [3.63, 3.8) is 0 Å². The molecule has 1 heterocycles. The molecule has 0 atom stereocenters. The van der Waals surface area contributed by atoms with Gasteiger partial charge in [0.25, 0.3) is 0 Å². The number of hydrogen-bond donors (Lipinski definition) is 0. The van der Waals surface area contributed by atoms with Gasteiger partial charge in [-0.25, -0.2) is 0 Å². The number of benzene rings is 1. The van der Waals surface area contributed by atoms with Gasteiger partial charge in [-0.2, -0.15) is 0 Å². The minimum absolute atomic E-state index is 0.0146. The lowest BCUT2D eigenvalue weighted by atomic mass is 10.1. The van der Waals surface area contributed by atoms with Gasteiger partial charge in [0.15, 0.2) is 17.3 Å². The van der Waals surface area contributed by atoms with E-state index in [1.807, 2.05) is 0 Å². The van der Waals surface area contributed by atoms with Crippen molar-refractivity contribution in [2.45, 2.75) is 6.92 Å². The highest BCUT2D eigenvalue weighted by molar-refractivity contribution is 9.10. The Balaban J connectivity index is 2.59. The smallest absolute Gasteiger partial charge is 0.176 e. The molecular formula is C10H9BrO3. The summed E-state index contributed by atoms with van der Waals surface area (Å²) in [5.41, 5.74) is 0.572. The van der Waals surface area contributed by atoms with E-state index in [1.54, 1.807) is 12.1 Å². The van der Waals surface area contributed by atoms with E-state index >= 15 is 0 Å². The maximum absolute atomic E-state index is 11.3. The molecule has 0 spiro atoms. The summed E-state index contributed by atoms with van der Waals surface area (Å²) in [6.07, 6.45) is 0. The molecule has 1 aliphatic heterocycles. The lowest BCUT2D eigenvalue weighted by Crippen LogP contribution is -2.17. The Kier molecular flexibility index (Phi) is 2.46. The number of Topliss-reactive ketones (excluding diaryl/α,β-unsaturated/α-hetero) is 1. The summed E-state index contributed by atoms with van der Waals surface area (Å²) in [6.45, 7) is 2.53. The second-order valence-corrected chi connectivity index (χ2v) is 3.86. The maximum atomic E-state index is 11.3. The first-order chi connectivity index (χ1) is 6.70. The van der Waals surface area contributed by atoms with E-state index in [4.69, 9.17) is 9.47 Å². The molecule has 1 aromatic carbocycles. The van der Waals surface area contributed by atoms with Crippen molar-refractivity contribution >= 4 is 21.7 Å². The summed E-state index contributed by atoms with van der Waals surface area (Å²) in [5.74, 6) is 1.17. The third-order valence-electron chi connectivity index (χ3n) is 2.02. The molecule has 0 unspecified atom stereocenters. The molecular weight excluding hydrogens is 248 g/mol. The van der Waals surface area contributed by atoms with E-state index in [0.717, 1.165) is 4.47 Å². The standard InChI is InChI=1S/C10H9BrO3/c1-6(12)7-2-3-8(11)10-9(7)13-4-5-14-10/h2-3H,4-5H2,1H3. The molecule has 3 nitrogen and oxygen atoms in total. The summed E-state index contributed by atoms with van der Waals surface area (Å²) < 4.78 is 11.7. The van der Waals surface area contributed by atoms with Crippen LogP contribution in [-0.2, 0) is 0 Å². The summed E-state index contributed by atoms with van der Waals surface area (Å²) in [6, 6.07) is 3.53. The van der Waals surface area contributed by atoms with E-state index in [9.17, 15) is 4.79 Å². The van der Waals surface area contributed by atoms with Crippen LogP contribution in [0.3, 0.4) is 0 Å². The van der Waals surface area contributed by atoms with Gasteiger partial charge >= 0.3 is 0 Å². The van der Waals surface area contributed by atoms with Crippen LogP contribution in [0.25, 0.3) is 0 Å². The van der Waals surface area contributed by atoms with Crippen molar-refractivity contribution in [2.24, 2.45) is 0 Å². The Bertz CT molecular complexity index is 387. The van der Waals surface area contributed by atoms with Gasteiger partial charge in [0.2, 0.25) is 0 Å². The molecule has 1 aromatic rings. The third kappa shape index (κ3) is 1.50. The number of ether oxygens (including phenoxy) is 2.